The van der Waals surface area contributed by atoms with Gasteiger partial charge in [0.2, 0.25) is 0 Å². The number of carbonyl (C=O) groups is 2. The number of benzene rings is 2. The van der Waals surface area contributed by atoms with E-state index < -0.39 is 6.09 Å². The largest absolute Gasteiger partial charge is 0.449 e. The first-order chi connectivity index (χ1) is 10.5. The van der Waals surface area contributed by atoms with Gasteiger partial charge in [-0.1, -0.05) is 48.5 Å². The molecule has 0 radical (unpaired) electrons. The first kappa shape index (κ1) is 15.8. The number of ketones is 1. The number of primary amides is 1. The van der Waals surface area contributed by atoms with Crippen molar-refractivity contribution in [1.29, 1.82) is 0 Å². The molecule has 0 saturated carbocycles. The fraction of sp³-hybridized carbons (Fsp3) is 0.222. The molecule has 2 aromatic rings. The molecule has 3 rings (SSSR count). The molecule has 4 heteroatoms. The Balaban J connectivity index is 0.000000396. The fourth-order valence-electron chi connectivity index (χ4n) is 2.60. The van der Waals surface area contributed by atoms with Gasteiger partial charge in [-0.2, -0.15) is 0 Å². The van der Waals surface area contributed by atoms with Crippen molar-refractivity contribution in [2.45, 2.75) is 19.8 Å². The van der Waals surface area contributed by atoms with Gasteiger partial charge in [-0.3, -0.25) is 0 Å². The lowest BCUT2D eigenvalue weighted by Gasteiger charge is -2.12. The lowest BCUT2D eigenvalue weighted by Crippen LogP contribution is -2.17. The molecule has 0 heterocycles. The SMILES string of the molecule is CC(C)=O.NC(=O)OCC1c2ccccc2-c2ccccc21. The number of ether oxygens (including phenoxy) is 1. The van der Waals surface area contributed by atoms with Crippen LogP contribution < -0.4 is 5.73 Å². The van der Waals surface area contributed by atoms with E-state index in [1.807, 2.05) is 24.3 Å². The van der Waals surface area contributed by atoms with Crippen molar-refractivity contribution in [2.75, 3.05) is 6.61 Å². The molecule has 2 aromatic carbocycles. The van der Waals surface area contributed by atoms with E-state index >= 15 is 0 Å². The molecular formula is C18H19NO3. The van der Waals surface area contributed by atoms with E-state index in [9.17, 15) is 9.59 Å². The Labute approximate surface area is 129 Å². The van der Waals surface area contributed by atoms with Crippen molar-refractivity contribution in [2.24, 2.45) is 5.73 Å². The van der Waals surface area contributed by atoms with Gasteiger partial charge in [0.1, 0.15) is 12.4 Å². The second kappa shape index (κ2) is 6.89. The van der Waals surface area contributed by atoms with Crippen LogP contribution in [0.3, 0.4) is 0 Å². The van der Waals surface area contributed by atoms with Crippen LogP contribution in [0.2, 0.25) is 0 Å². The number of nitrogens with two attached hydrogens (primary N) is 1. The molecule has 2 N–H and O–H groups in total. The van der Waals surface area contributed by atoms with Crippen LogP contribution in [0.4, 0.5) is 4.79 Å². The van der Waals surface area contributed by atoms with E-state index in [0.717, 1.165) is 0 Å². The fourth-order valence-corrected chi connectivity index (χ4v) is 2.60. The minimum Gasteiger partial charge on any atom is -0.449 e. The normalized spacial score (nSPS) is 11.7. The smallest absolute Gasteiger partial charge is 0.404 e. The van der Waals surface area contributed by atoms with Crippen LogP contribution in [0.1, 0.15) is 30.9 Å². The summed E-state index contributed by atoms with van der Waals surface area (Å²) in [5.74, 6) is 0.255. The summed E-state index contributed by atoms with van der Waals surface area (Å²) in [5, 5.41) is 0. The molecular weight excluding hydrogens is 278 g/mol. The average molecular weight is 297 g/mol. The van der Waals surface area contributed by atoms with Crippen LogP contribution in [-0.2, 0) is 9.53 Å². The third-order valence-electron chi connectivity index (χ3n) is 3.35. The van der Waals surface area contributed by atoms with Gasteiger partial charge < -0.3 is 15.3 Å². The summed E-state index contributed by atoms with van der Waals surface area (Å²) in [4.78, 5) is 20.2. The first-order valence-corrected chi connectivity index (χ1v) is 7.08. The van der Waals surface area contributed by atoms with E-state index in [-0.39, 0.29) is 11.7 Å². The topological polar surface area (TPSA) is 69.4 Å². The minimum atomic E-state index is -0.725. The lowest BCUT2D eigenvalue weighted by atomic mass is 9.98. The highest BCUT2D eigenvalue weighted by atomic mass is 16.5. The maximum atomic E-state index is 10.8. The molecule has 4 nitrogen and oxygen atoms in total. The number of rotatable bonds is 2. The highest BCUT2D eigenvalue weighted by Gasteiger charge is 2.28. The number of carbonyl (C=O) groups excluding carboxylic acids is 2. The monoisotopic (exact) mass is 297 g/mol. The zero-order valence-electron chi connectivity index (χ0n) is 12.7. The maximum Gasteiger partial charge on any atom is 0.404 e. The van der Waals surface area contributed by atoms with Crippen LogP contribution in [0.25, 0.3) is 11.1 Å². The summed E-state index contributed by atoms with van der Waals surface area (Å²) in [6.07, 6.45) is -0.725. The standard InChI is InChI=1S/C15H13NO2.C3H6O/c16-15(17)18-9-14-12-7-3-1-5-10(12)11-6-2-4-8-13(11)14;1-3(2)4/h1-8,14H,9H2,(H2,16,17);1-2H3. The van der Waals surface area contributed by atoms with E-state index in [1.54, 1.807) is 0 Å². The quantitative estimate of drug-likeness (QED) is 0.922. The minimum absolute atomic E-state index is 0.0879. The van der Waals surface area contributed by atoms with Crippen LogP contribution in [-0.4, -0.2) is 18.5 Å². The molecule has 0 saturated heterocycles. The number of Topliss-reactive ketones (excluding diaryl/α,β-unsaturated/α-hetero) is 1. The first-order valence-electron chi connectivity index (χ1n) is 7.08. The summed E-state index contributed by atoms with van der Waals surface area (Å²) in [6, 6.07) is 16.4. The van der Waals surface area contributed by atoms with Gasteiger partial charge >= 0.3 is 6.09 Å². The lowest BCUT2D eigenvalue weighted by molar-refractivity contribution is -0.114. The van der Waals surface area contributed by atoms with E-state index in [1.165, 1.54) is 36.1 Å². The molecule has 0 aliphatic heterocycles. The molecule has 1 aliphatic rings. The van der Waals surface area contributed by atoms with Crippen LogP contribution in [0.5, 0.6) is 0 Å². The van der Waals surface area contributed by atoms with E-state index in [0.29, 0.717) is 6.61 Å². The van der Waals surface area contributed by atoms with Gasteiger partial charge in [-0.15, -0.1) is 0 Å². The predicted molar refractivity (Wildman–Crippen MR) is 85.6 cm³/mol. The molecule has 0 spiro atoms. The summed E-state index contributed by atoms with van der Waals surface area (Å²) in [6.45, 7) is 3.35. The summed E-state index contributed by atoms with van der Waals surface area (Å²) < 4.78 is 4.98. The molecule has 1 aliphatic carbocycles. The Morgan fingerprint density at radius 1 is 0.955 bits per heavy atom. The van der Waals surface area contributed by atoms with E-state index in [2.05, 4.69) is 24.3 Å². The second-order valence-electron chi connectivity index (χ2n) is 5.27. The molecule has 22 heavy (non-hydrogen) atoms. The second-order valence-corrected chi connectivity index (χ2v) is 5.27. The molecule has 0 fully saturated rings. The Kier molecular flexibility index (Phi) is 4.94. The molecule has 0 bridgehead atoms. The molecule has 0 aromatic heterocycles. The molecule has 0 atom stereocenters. The summed E-state index contributed by atoms with van der Waals surface area (Å²) in [7, 11) is 0. The van der Waals surface area contributed by atoms with Crippen molar-refractivity contribution < 1.29 is 14.3 Å². The van der Waals surface area contributed by atoms with Crippen molar-refractivity contribution >= 4 is 11.9 Å². The number of amides is 1. The zero-order valence-corrected chi connectivity index (χ0v) is 12.7. The van der Waals surface area contributed by atoms with Gasteiger partial charge in [0.25, 0.3) is 0 Å². The van der Waals surface area contributed by atoms with Crippen molar-refractivity contribution in [3.05, 3.63) is 59.7 Å². The van der Waals surface area contributed by atoms with Gasteiger partial charge in [0.15, 0.2) is 0 Å². The third kappa shape index (κ3) is 3.52. The van der Waals surface area contributed by atoms with Crippen molar-refractivity contribution in [3.8, 4) is 11.1 Å². The van der Waals surface area contributed by atoms with Gasteiger partial charge in [0, 0.05) is 5.92 Å². The number of fused-ring (bicyclic) bond motifs is 3. The Morgan fingerprint density at radius 2 is 1.36 bits per heavy atom. The van der Waals surface area contributed by atoms with Crippen molar-refractivity contribution in [1.82, 2.24) is 0 Å². The summed E-state index contributed by atoms with van der Waals surface area (Å²) >= 11 is 0. The number of hydrogen-bond donors (Lipinski definition) is 1. The van der Waals surface area contributed by atoms with Gasteiger partial charge in [0.05, 0.1) is 0 Å². The molecule has 114 valence electrons. The van der Waals surface area contributed by atoms with Gasteiger partial charge in [-0.25, -0.2) is 4.79 Å². The summed E-state index contributed by atoms with van der Waals surface area (Å²) in [5.41, 5.74) is 9.87. The van der Waals surface area contributed by atoms with E-state index in [4.69, 9.17) is 10.5 Å². The zero-order chi connectivity index (χ0) is 16.1. The highest BCUT2D eigenvalue weighted by Crippen LogP contribution is 2.44. The average Bonchev–Trinajstić information content (AvgIpc) is 2.79. The number of hydrogen-bond acceptors (Lipinski definition) is 3. The molecule has 0 unspecified atom stereocenters. The Hall–Kier alpha value is -2.62. The maximum absolute atomic E-state index is 10.8. The van der Waals surface area contributed by atoms with Gasteiger partial charge in [-0.05, 0) is 36.1 Å². The van der Waals surface area contributed by atoms with Crippen LogP contribution >= 0.6 is 0 Å². The molecule has 1 amide bonds. The van der Waals surface area contributed by atoms with Crippen LogP contribution in [0, 0.1) is 0 Å². The van der Waals surface area contributed by atoms with Crippen molar-refractivity contribution in [3.63, 3.8) is 0 Å². The van der Waals surface area contributed by atoms with Crippen LogP contribution in [0.15, 0.2) is 48.5 Å². The highest BCUT2D eigenvalue weighted by molar-refractivity contribution is 5.79. The third-order valence-corrected chi connectivity index (χ3v) is 3.35. The predicted octanol–water partition coefficient (Wildman–Crippen LogP) is 3.49. The Bertz CT molecular complexity index is 645. The Morgan fingerprint density at radius 3 is 1.77 bits per heavy atom.